The summed E-state index contributed by atoms with van der Waals surface area (Å²) in [5, 5.41) is 1.92. The zero-order valence-corrected chi connectivity index (χ0v) is 13.7. The van der Waals surface area contributed by atoms with Gasteiger partial charge in [-0.3, -0.25) is 0 Å². The molecule has 1 heterocycles. The second-order valence-electron chi connectivity index (χ2n) is 6.12. The van der Waals surface area contributed by atoms with Crippen molar-refractivity contribution in [1.29, 1.82) is 0 Å². The van der Waals surface area contributed by atoms with Gasteiger partial charge in [-0.1, -0.05) is 23.7 Å². The Kier molecular flexibility index (Phi) is 3.55. The molecule has 23 heavy (non-hydrogen) atoms. The molecule has 0 saturated heterocycles. The Bertz CT molecular complexity index is 871. The first-order valence-electron chi connectivity index (χ1n) is 7.86. The summed E-state index contributed by atoms with van der Waals surface area (Å²) in [6.07, 6.45) is 3.10. The number of H-pyrrole nitrogens is 1. The maximum Gasteiger partial charge on any atom is 0.119 e. The number of aromatic amines is 1. The Hall–Kier alpha value is -1.97. The van der Waals surface area contributed by atoms with Crippen LogP contribution in [-0.2, 0) is 0 Å². The molecule has 118 valence electrons. The fourth-order valence-electron chi connectivity index (χ4n) is 3.85. The van der Waals surface area contributed by atoms with Crippen molar-refractivity contribution in [3.63, 3.8) is 0 Å². The smallest absolute Gasteiger partial charge is 0.119 e. The SMILES string of the molecule is COc1ccc2c(c1)C(CN)CC2c1c[nH]c2cccc(Cl)c12. The normalized spacial score (nSPS) is 20.0. The van der Waals surface area contributed by atoms with Gasteiger partial charge in [-0.2, -0.15) is 0 Å². The summed E-state index contributed by atoms with van der Waals surface area (Å²) < 4.78 is 5.38. The van der Waals surface area contributed by atoms with E-state index in [0.29, 0.717) is 18.4 Å². The maximum absolute atomic E-state index is 6.46. The van der Waals surface area contributed by atoms with Crippen molar-refractivity contribution >= 4 is 22.5 Å². The Morgan fingerprint density at radius 2 is 2.09 bits per heavy atom. The number of methoxy groups -OCH3 is 1. The lowest BCUT2D eigenvalue weighted by Crippen LogP contribution is -2.09. The molecule has 0 saturated carbocycles. The van der Waals surface area contributed by atoms with Gasteiger partial charge in [0.05, 0.1) is 12.1 Å². The molecule has 2 aromatic carbocycles. The minimum absolute atomic E-state index is 0.318. The molecule has 0 aliphatic heterocycles. The minimum Gasteiger partial charge on any atom is -0.497 e. The topological polar surface area (TPSA) is 51.0 Å². The van der Waals surface area contributed by atoms with Crippen molar-refractivity contribution in [2.75, 3.05) is 13.7 Å². The highest BCUT2D eigenvalue weighted by Crippen LogP contribution is 2.48. The molecule has 2 atom stereocenters. The number of fused-ring (bicyclic) bond motifs is 2. The number of hydrogen-bond acceptors (Lipinski definition) is 2. The molecule has 0 bridgehead atoms. The Labute approximate surface area is 140 Å². The predicted octanol–water partition coefficient (Wildman–Crippen LogP) is 4.41. The van der Waals surface area contributed by atoms with E-state index < -0.39 is 0 Å². The van der Waals surface area contributed by atoms with Crippen LogP contribution in [0.2, 0.25) is 5.02 Å². The van der Waals surface area contributed by atoms with Gasteiger partial charge in [-0.25, -0.2) is 0 Å². The van der Waals surface area contributed by atoms with Gasteiger partial charge in [0.15, 0.2) is 0 Å². The molecular weight excluding hydrogens is 308 g/mol. The van der Waals surface area contributed by atoms with Gasteiger partial charge in [0.25, 0.3) is 0 Å². The summed E-state index contributed by atoms with van der Waals surface area (Å²) in [7, 11) is 1.70. The summed E-state index contributed by atoms with van der Waals surface area (Å²) in [5.41, 5.74) is 11.0. The zero-order chi connectivity index (χ0) is 16.0. The number of nitrogens with two attached hydrogens (primary N) is 1. The van der Waals surface area contributed by atoms with Crippen molar-refractivity contribution in [3.8, 4) is 5.75 Å². The van der Waals surface area contributed by atoms with E-state index in [1.165, 1.54) is 16.7 Å². The first-order chi connectivity index (χ1) is 11.2. The highest BCUT2D eigenvalue weighted by Gasteiger charge is 2.33. The molecule has 3 nitrogen and oxygen atoms in total. The third-order valence-electron chi connectivity index (χ3n) is 4.97. The molecule has 0 fully saturated rings. The molecule has 0 spiro atoms. The van der Waals surface area contributed by atoms with Crippen LogP contribution >= 0.6 is 11.6 Å². The van der Waals surface area contributed by atoms with Crippen LogP contribution in [0.5, 0.6) is 5.75 Å². The quantitative estimate of drug-likeness (QED) is 0.749. The van der Waals surface area contributed by atoms with Crippen molar-refractivity contribution in [1.82, 2.24) is 4.98 Å². The van der Waals surface area contributed by atoms with Gasteiger partial charge in [-0.05, 0) is 59.8 Å². The molecule has 2 unspecified atom stereocenters. The van der Waals surface area contributed by atoms with Crippen LogP contribution in [0, 0.1) is 0 Å². The molecule has 1 aliphatic rings. The van der Waals surface area contributed by atoms with E-state index in [2.05, 4.69) is 29.4 Å². The average Bonchev–Trinajstić information content (AvgIpc) is 3.16. The van der Waals surface area contributed by atoms with E-state index in [0.717, 1.165) is 28.1 Å². The van der Waals surface area contributed by atoms with E-state index in [9.17, 15) is 0 Å². The second-order valence-corrected chi connectivity index (χ2v) is 6.53. The average molecular weight is 327 g/mol. The predicted molar refractivity (Wildman–Crippen MR) is 94.6 cm³/mol. The van der Waals surface area contributed by atoms with Gasteiger partial charge in [0.2, 0.25) is 0 Å². The summed E-state index contributed by atoms with van der Waals surface area (Å²) in [6.45, 7) is 0.646. The monoisotopic (exact) mass is 326 g/mol. The van der Waals surface area contributed by atoms with Crippen LogP contribution in [0.3, 0.4) is 0 Å². The summed E-state index contributed by atoms with van der Waals surface area (Å²) in [5.74, 6) is 1.57. The number of hydrogen-bond donors (Lipinski definition) is 2. The summed E-state index contributed by atoms with van der Waals surface area (Å²) in [4.78, 5) is 3.35. The lowest BCUT2D eigenvalue weighted by atomic mass is 9.92. The van der Waals surface area contributed by atoms with E-state index in [1.54, 1.807) is 7.11 Å². The minimum atomic E-state index is 0.318. The third kappa shape index (κ3) is 2.23. The van der Waals surface area contributed by atoms with Gasteiger partial charge in [-0.15, -0.1) is 0 Å². The van der Waals surface area contributed by atoms with Crippen LogP contribution in [0.15, 0.2) is 42.6 Å². The summed E-state index contributed by atoms with van der Waals surface area (Å²) in [6, 6.07) is 12.3. The fourth-order valence-corrected chi connectivity index (χ4v) is 4.13. The van der Waals surface area contributed by atoms with Crippen molar-refractivity contribution in [3.05, 3.63) is 64.3 Å². The highest BCUT2D eigenvalue weighted by molar-refractivity contribution is 6.35. The Balaban J connectivity index is 1.88. The molecule has 0 radical (unpaired) electrons. The van der Waals surface area contributed by atoms with Crippen LogP contribution in [-0.4, -0.2) is 18.6 Å². The van der Waals surface area contributed by atoms with E-state index >= 15 is 0 Å². The molecule has 4 rings (SSSR count). The van der Waals surface area contributed by atoms with E-state index in [1.807, 2.05) is 18.2 Å². The highest BCUT2D eigenvalue weighted by atomic mass is 35.5. The number of ether oxygens (including phenoxy) is 1. The Morgan fingerprint density at radius 1 is 1.22 bits per heavy atom. The molecule has 3 N–H and O–H groups in total. The first-order valence-corrected chi connectivity index (χ1v) is 8.24. The zero-order valence-electron chi connectivity index (χ0n) is 13.0. The number of halogens is 1. The van der Waals surface area contributed by atoms with Crippen LogP contribution in [0.1, 0.15) is 34.9 Å². The largest absolute Gasteiger partial charge is 0.497 e. The molecule has 4 heteroatoms. The van der Waals surface area contributed by atoms with Crippen LogP contribution in [0.4, 0.5) is 0 Å². The van der Waals surface area contributed by atoms with Gasteiger partial charge in [0.1, 0.15) is 5.75 Å². The number of aromatic nitrogens is 1. The Morgan fingerprint density at radius 3 is 2.87 bits per heavy atom. The number of nitrogens with one attached hydrogen (secondary N) is 1. The molecule has 3 aromatic rings. The molecular formula is C19H19ClN2O. The van der Waals surface area contributed by atoms with Crippen molar-refractivity contribution < 1.29 is 4.74 Å². The lowest BCUT2D eigenvalue weighted by Gasteiger charge is -2.12. The molecule has 1 aromatic heterocycles. The standard InChI is InChI=1S/C19H19ClN2O/c1-23-12-5-6-13-14(8-12)11(9-21)7-15(13)16-10-22-18-4-2-3-17(20)19(16)18/h2-6,8,10-11,15,22H,7,9,21H2,1H3. The van der Waals surface area contributed by atoms with Crippen LogP contribution < -0.4 is 10.5 Å². The number of rotatable bonds is 3. The van der Waals surface area contributed by atoms with Crippen molar-refractivity contribution in [2.45, 2.75) is 18.3 Å². The maximum atomic E-state index is 6.46. The van der Waals surface area contributed by atoms with Gasteiger partial charge >= 0.3 is 0 Å². The lowest BCUT2D eigenvalue weighted by molar-refractivity contribution is 0.414. The van der Waals surface area contributed by atoms with Gasteiger partial charge in [0, 0.05) is 23.0 Å². The molecule has 0 amide bonds. The van der Waals surface area contributed by atoms with Crippen LogP contribution in [0.25, 0.3) is 10.9 Å². The first kappa shape index (κ1) is 14.6. The summed E-state index contributed by atoms with van der Waals surface area (Å²) >= 11 is 6.46. The number of benzene rings is 2. The fraction of sp³-hybridized carbons (Fsp3) is 0.263. The van der Waals surface area contributed by atoms with E-state index in [4.69, 9.17) is 22.1 Å². The van der Waals surface area contributed by atoms with Crippen molar-refractivity contribution in [2.24, 2.45) is 5.73 Å². The third-order valence-corrected chi connectivity index (χ3v) is 5.29. The van der Waals surface area contributed by atoms with E-state index in [-0.39, 0.29) is 0 Å². The van der Waals surface area contributed by atoms with Gasteiger partial charge < -0.3 is 15.5 Å². The second kappa shape index (κ2) is 5.59. The molecule has 1 aliphatic carbocycles.